The van der Waals surface area contributed by atoms with Crippen molar-refractivity contribution in [1.29, 1.82) is 0 Å². The van der Waals surface area contributed by atoms with Gasteiger partial charge in [0.1, 0.15) is 17.6 Å². The van der Waals surface area contributed by atoms with Crippen molar-refractivity contribution in [3.05, 3.63) is 27.9 Å². The molecule has 0 bridgehead atoms. The number of aromatic carboxylic acids is 1. The third kappa shape index (κ3) is 2.71. The molecule has 7 nitrogen and oxygen atoms in total. The molecule has 2 N–H and O–H groups in total. The second kappa shape index (κ2) is 5.07. The van der Waals surface area contributed by atoms with Gasteiger partial charge < -0.3 is 10.4 Å². The van der Waals surface area contributed by atoms with E-state index in [0.717, 1.165) is 25.1 Å². The predicted molar refractivity (Wildman–Crippen MR) is 72.8 cm³/mol. The number of carboxylic acids is 1. The fraction of sp³-hybridized carbons (Fsp3) is 0.538. The molecular formula is C13H17N3O4. The first-order valence-corrected chi connectivity index (χ1v) is 6.47. The van der Waals surface area contributed by atoms with Gasteiger partial charge in [0.15, 0.2) is 0 Å². The molecule has 1 fully saturated rings. The Hall–Kier alpha value is -2.18. The first-order chi connectivity index (χ1) is 9.35. The van der Waals surface area contributed by atoms with Crippen LogP contribution in [0, 0.1) is 21.4 Å². The van der Waals surface area contributed by atoms with Crippen molar-refractivity contribution in [3.8, 4) is 0 Å². The van der Waals surface area contributed by atoms with Gasteiger partial charge in [-0.25, -0.2) is 9.78 Å². The molecule has 1 aromatic rings. The van der Waals surface area contributed by atoms with Crippen molar-refractivity contribution in [3.63, 3.8) is 0 Å². The third-order valence-electron chi connectivity index (χ3n) is 4.04. The lowest BCUT2D eigenvalue weighted by atomic mass is 9.92. The van der Waals surface area contributed by atoms with E-state index in [0.29, 0.717) is 12.5 Å². The third-order valence-corrected chi connectivity index (χ3v) is 4.04. The molecule has 1 aliphatic carbocycles. The Balaban J connectivity index is 2.19. The molecule has 1 aliphatic rings. The summed E-state index contributed by atoms with van der Waals surface area (Å²) in [4.78, 5) is 25.0. The van der Waals surface area contributed by atoms with Gasteiger partial charge in [0.25, 0.3) is 5.69 Å². The lowest BCUT2D eigenvalue weighted by Gasteiger charge is -2.20. The minimum Gasteiger partial charge on any atom is -0.478 e. The maximum absolute atomic E-state index is 11.2. The normalized spacial score (nSPS) is 15.9. The molecule has 108 valence electrons. The van der Waals surface area contributed by atoms with E-state index in [1.165, 1.54) is 0 Å². The molecule has 0 unspecified atom stereocenters. The molecule has 2 rings (SSSR count). The fourth-order valence-electron chi connectivity index (χ4n) is 2.24. The maximum atomic E-state index is 11.2. The van der Waals surface area contributed by atoms with Crippen molar-refractivity contribution >= 4 is 17.5 Å². The highest BCUT2D eigenvalue weighted by Crippen LogP contribution is 2.51. The Kier molecular flexibility index (Phi) is 3.61. The molecule has 0 saturated heterocycles. The number of nitro groups is 1. The fourth-order valence-corrected chi connectivity index (χ4v) is 2.24. The summed E-state index contributed by atoms with van der Waals surface area (Å²) in [5.74, 6) is -0.533. The molecule has 20 heavy (non-hydrogen) atoms. The average Bonchev–Trinajstić information content (AvgIpc) is 3.17. The highest BCUT2D eigenvalue weighted by atomic mass is 16.6. The predicted octanol–water partition coefficient (Wildman–Crippen LogP) is 2.54. The monoisotopic (exact) mass is 279 g/mol. The Bertz CT molecular complexity index is 553. The number of nitrogens with zero attached hydrogens (tertiary/aromatic N) is 2. The van der Waals surface area contributed by atoms with Crippen LogP contribution in [0.5, 0.6) is 0 Å². The Labute approximate surface area is 116 Å². The quantitative estimate of drug-likeness (QED) is 0.612. The van der Waals surface area contributed by atoms with Gasteiger partial charge in [0.05, 0.1) is 4.92 Å². The number of anilines is 1. The minimum atomic E-state index is -1.22. The number of nitrogens with one attached hydrogen (secondary N) is 1. The molecule has 1 heterocycles. The van der Waals surface area contributed by atoms with Crippen molar-refractivity contribution in [2.45, 2.75) is 26.7 Å². The zero-order valence-corrected chi connectivity index (χ0v) is 11.4. The summed E-state index contributed by atoms with van der Waals surface area (Å²) < 4.78 is 0. The SMILES string of the molecule is CC(C)C1(CNc2ncc([N+](=O)[O-])cc2C(=O)O)CC1. The molecule has 0 atom stereocenters. The number of carboxylic acid groups (broad SMARTS) is 1. The van der Waals surface area contributed by atoms with Crippen LogP contribution >= 0.6 is 0 Å². The van der Waals surface area contributed by atoms with E-state index < -0.39 is 10.9 Å². The molecule has 0 radical (unpaired) electrons. The zero-order valence-electron chi connectivity index (χ0n) is 11.4. The van der Waals surface area contributed by atoms with Gasteiger partial charge >= 0.3 is 5.97 Å². The summed E-state index contributed by atoms with van der Waals surface area (Å²) >= 11 is 0. The van der Waals surface area contributed by atoms with E-state index in [1.54, 1.807) is 0 Å². The van der Waals surface area contributed by atoms with Crippen LogP contribution in [0.25, 0.3) is 0 Å². The van der Waals surface area contributed by atoms with Gasteiger partial charge in [-0.1, -0.05) is 13.8 Å². The van der Waals surface area contributed by atoms with E-state index in [9.17, 15) is 14.9 Å². The van der Waals surface area contributed by atoms with Crippen LogP contribution in [0.15, 0.2) is 12.3 Å². The molecule has 1 aromatic heterocycles. The van der Waals surface area contributed by atoms with E-state index in [-0.39, 0.29) is 22.5 Å². The average molecular weight is 279 g/mol. The summed E-state index contributed by atoms with van der Waals surface area (Å²) in [6.45, 7) is 4.90. The molecule has 1 saturated carbocycles. The van der Waals surface area contributed by atoms with Crippen LogP contribution in [0.4, 0.5) is 11.5 Å². The first-order valence-electron chi connectivity index (χ1n) is 6.47. The van der Waals surface area contributed by atoms with Crippen molar-refractivity contribution in [1.82, 2.24) is 4.98 Å². The molecule has 7 heteroatoms. The van der Waals surface area contributed by atoms with Crippen LogP contribution in [-0.2, 0) is 0 Å². The summed E-state index contributed by atoms with van der Waals surface area (Å²) in [5.41, 5.74) is -0.295. The molecule has 0 aliphatic heterocycles. The van der Waals surface area contributed by atoms with E-state index in [4.69, 9.17) is 5.11 Å². The number of rotatable bonds is 6. The Morgan fingerprint density at radius 1 is 1.60 bits per heavy atom. The summed E-state index contributed by atoms with van der Waals surface area (Å²) in [6, 6.07) is 1.03. The summed E-state index contributed by atoms with van der Waals surface area (Å²) in [5, 5.41) is 22.8. The summed E-state index contributed by atoms with van der Waals surface area (Å²) in [7, 11) is 0. The highest BCUT2D eigenvalue weighted by Gasteiger charge is 2.45. The smallest absolute Gasteiger partial charge is 0.339 e. The first kappa shape index (κ1) is 14.2. The number of carbonyl (C=O) groups is 1. The van der Waals surface area contributed by atoms with E-state index >= 15 is 0 Å². The van der Waals surface area contributed by atoms with Gasteiger partial charge in [0, 0.05) is 12.6 Å². The van der Waals surface area contributed by atoms with E-state index in [1.807, 2.05) is 0 Å². The second-order valence-corrected chi connectivity index (χ2v) is 5.52. The number of pyridine rings is 1. The number of hydrogen-bond acceptors (Lipinski definition) is 5. The minimum absolute atomic E-state index is 0.168. The van der Waals surface area contributed by atoms with Gasteiger partial charge in [-0.3, -0.25) is 10.1 Å². The largest absolute Gasteiger partial charge is 0.478 e. The maximum Gasteiger partial charge on any atom is 0.339 e. The molecule has 0 spiro atoms. The Morgan fingerprint density at radius 3 is 2.70 bits per heavy atom. The van der Waals surface area contributed by atoms with Crippen molar-refractivity contribution in [2.75, 3.05) is 11.9 Å². The molecule has 0 amide bonds. The zero-order chi connectivity index (χ0) is 14.9. The van der Waals surface area contributed by atoms with Crippen molar-refractivity contribution in [2.24, 2.45) is 11.3 Å². The summed E-state index contributed by atoms with van der Waals surface area (Å²) in [6.07, 6.45) is 3.28. The number of hydrogen-bond donors (Lipinski definition) is 2. The van der Waals surface area contributed by atoms with Crippen LogP contribution in [0.3, 0.4) is 0 Å². The van der Waals surface area contributed by atoms with E-state index in [2.05, 4.69) is 24.1 Å². The van der Waals surface area contributed by atoms with Gasteiger partial charge in [-0.15, -0.1) is 0 Å². The molecule has 0 aromatic carbocycles. The second-order valence-electron chi connectivity index (χ2n) is 5.52. The van der Waals surface area contributed by atoms with Crippen LogP contribution in [-0.4, -0.2) is 27.5 Å². The molecular weight excluding hydrogens is 262 g/mol. The van der Waals surface area contributed by atoms with Crippen molar-refractivity contribution < 1.29 is 14.8 Å². The van der Waals surface area contributed by atoms with Crippen LogP contribution < -0.4 is 5.32 Å². The lowest BCUT2D eigenvalue weighted by molar-refractivity contribution is -0.385. The van der Waals surface area contributed by atoms with Crippen LogP contribution in [0.1, 0.15) is 37.0 Å². The van der Waals surface area contributed by atoms with Gasteiger partial charge in [0.2, 0.25) is 0 Å². The number of aromatic nitrogens is 1. The topological polar surface area (TPSA) is 105 Å². The van der Waals surface area contributed by atoms with Gasteiger partial charge in [-0.2, -0.15) is 0 Å². The standard InChI is InChI=1S/C13H17N3O4/c1-8(2)13(3-4-13)7-15-11-10(12(17)18)5-9(6-14-11)16(19)20/h5-6,8H,3-4,7H2,1-2H3,(H,14,15)(H,17,18). The van der Waals surface area contributed by atoms with Gasteiger partial charge in [-0.05, 0) is 24.2 Å². The lowest BCUT2D eigenvalue weighted by Crippen LogP contribution is -2.22. The van der Waals surface area contributed by atoms with Crippen LogP contribution in [0.2, 0.25) is 0 Å². The Morgan fingerprint density at radius 2 is 2.25 bits per heavy atom. The highest BCUT2D eigenvalue weighted by molar-refractivity contribution is 5.93.